The minimum atomic E-state index is 0.454. The summed E-state index contributed by atoms with van der Waals surface area (Å²) in [5.41, 5.74) is 3.04. The largest absolute Gasteiger partial charge is 0.309 e. The number of fused-ring (bicyclic) bond motifs is 1. The molecule has 0 bridgehead atoms. The second-order valence-corrected chi connectivity index (χ2v) is 7.24. The zero-order valence-corrected chi connectivity index (χ0v) is 13.6. The fourth-order valence-corrected chi connectivity index (χ4v) is 4.59. The maximum absolute atomic E-state index is 3.67. The van der Waals surface area contributed by atoms with E-state index >= 15 is 0 Å². The number of rotatable bonds is 4. The second-order valence-electron chi connectivity index (χ2n) is 5.10. The number of nitrogens with one attached hydrogen (secondary N) is 1. The van der Waals surface area contributed by atoms with E-state index in [9.17, 15) is 0 Å². The molecule has 0 saturated carbocycles. The Morgan fingerprint density at radius 1 is 1.42 bits per heavy atom. The Kier molecular flexibility index (Phi) is 3.79. The summed E-state index contributed by atoms with van der Waals surface area (Å²) in [5, 5.41) is 3.67. The van der Waals surface area contributed by atoms with Gasteiger partial charge in [0.05, 0.1) is 0 Å². The first-order valence-corrected chi connectivity index (χ1v) is 8.38. The minimum absolute atomic E-state index is 0.454. The van der Waals surface area contributed by atoms with E-state index in [2.05, 4.69) is 65.4 Å². The van der Waals surface area contributed by atoms with Gasteiger partial charge in [0.25, 0.3) is 0 Å². The highest BCUT2D eigenvalue weighted by Gasteiger charge is 2.34. The third kappa shape index (κ3) is 2.39. The van der Waals surface area contributed by atoms with Crippen molar-refractivity contribution in [3.8, 4) is 0 Å². The Bertz CT molecular complexity index is 571. The van der Waals surface area contributed by atoms with Gasteiger partial charge in [0.15, 0.2) is 0 Å². The Balaban J connectivity index is 1.91. The minimum Gasteiger partial charge on any atom is -0.309 e. The molecule has 2 aromatic rings. The van der Waals surface area contributed by atoms with Crippen LogP contribution >= 0.6 is 27.3 Å². The zero-order chi connectivity index (χ0) is 13.4. The van der Waals surface area contributed by atoms with Gasteiger partial charge in [-0.2, -0.15) is 0 Å². The Morgan fingerprint density at radius 3 is 2.84 bits per heavy atom. The van der Waals surface area contributed by atoms with E-state index in [0.717, 1.165) is 6.54 Å². The lowest BCUT2D eigenvalue weighted by Gasteiger charge is -2.36. The van der Waals surface area contributed by atoms with Crippen LogP contribution in [0, 0.1) is 6.92 Å². The molecule has 0 aliphatic heterocycles. The molecule has 1 N–H and O–H groups in total. The Labute approximate surface area is 127 Å². The average Bonchev–Trinajstić information content (AvgIpc) is 2.70. The highest BCUT2D eigenvalue weighted by atomic mass is 79.9. The predicted molar refractivity (Wildman–Crippen MR) is 86.1 cm³/mol. The van der Waals surface area contributed by atoms with E-state index in [0.29, 0.717) is 12.0 Å². The summed E-state index contributed by atoms with van der Waals surface area (Å²) in [6.45, 7) is 5.38. The number of likely N-dealkylation sites (N-methyl/N-ethyl adjacent to an activating group) is 1. The van der Waals surface area contributed by atoms with Crippen molar-refractivity contribution in [3.63, 3.8) is 0 Å². The van der Waals surface area contributed by atoms with Gasteiger partial charge in [-0.15, -0.1) is 11.3 Å². The van der Waals surface area contributed by atoms with E-state index < -0.39 is 0 Å². The molecule has 1 aromatic heterocycles. The van der Waals surface area contributed by atoms with E-state index in [1.165, 1.54) is 31.8 Å². The van der Waals surface area contributed by atoms with Crippen LogP contribution in [-0.2, 0) is 6.42 Å². The molecule has 1 aliphatic rings. The molecular weight excluding hydrogens is 318 g/mol. The molecule has 0 saturated heterocycles. The van der Waals surface area contributed by atoms with Crippen molar-refractivity contribution in [1.29, 1.82) is 0 Å². The summed E-state index contributed by atoms with van der Waals surface area (Å²) in [7, 11) is 0. The van der Waals surface area contributed by atoms with Gasteiger partial charge in [-0.1, -0.05) is 31.2 Å². The maximum Gasteiger partial charge on any atom is 0.0488 e. The topological polar surface area (TPSA) is 12.0 Å². The van der Waals surface area contributed by atoms with Crippen LogP contribution in [0.5, 0.6) is 0 Å². The summed E-state index contributed by atoms with van der Waals surface area (Å²) in [6.07, 6.45) is 1.20. The summed E-state index contributed by atoms with van der Waals surface area (Å²) in [4.78, 5) is 2.82. The predicted octanol–water partition coefficient (Wildman–Crippen LogP) is 4.81. The Morgan fingerprint density at radius 2 is 2.21 bits per heavy atom. The molecule has 2 atom stereocenters. The molecule has 0 fully saturated rings. The first-order chi connectivity index (χ1) is 9.20. The molecule has 0 radical (unpaired) electrons. The Hall–Kier alpha value is -0.640. The fourth-order valence-electron chi connectivity index (χ4n) is 2.89. The molecule has 3 heteroatoms. The SMILES string of the molecule is CCNC(c1cc(Br)c(C)s1)C1Cc2ccccc21. The van der Waals surface area contributed by atoms with Crippen molar-refractivity contribution in [3.05, 3.63) is 55.7 Å². The van der Waals surface area contributed by atoms with E-state index in [1.807, 2.05) is 11.3 Å². The van der Waals surface area contributed by atoms with Gasteiger partial charge >= 0.3 is 0 Å². The summed E-state index contributed by atoms with van der Waals surface area (Å²) >= 11 is 5.54. The molecule has 100 valence electrons. The van der Waals surface area contributed by atoms with Crippen LogP contribution in [0.15, 0.2) is 34.8 Å². The normalized spacial score (nSPS) is 18.8. The molecule has 3 rings (SSSR count). The lowest BCUT2D eigenvalue weighted by molar-refractivity contribution is 0.425. The summed E-state index contributed by atoms with van der Waals surface area (Å²) in [6, 6.07) is 11.6. The molecule has 2 unspecified atom stereocenters. The van der Waals surface area contributed by atoms with Crippen molar-refractivity contribution < 1.29 is 0 Å². The van der Waals surface area contributed by atoms with Gasteiger partial charge in [0.1, 0.15) is 0 Å². The smallest absolute Gasteiger partial charge is 0.0488 e. The summed E-state index contributed by atoms with van der Waals surface area (Å²) < 4.78 is 1.24. The highest BCUT2D eigenvalue weighted by molar-refractivity contribution is 9.10. The van der Waals surface area contributed by atoms with Gasteiger partial charge in [-0.05, 0) is 53.0 Å². The molecular formula is C16H18BrNS. The number of halogens is 1. The standard InChI is InChI=1S/C16H18BrNS/c1-3-18-16(15-9-14(17)10(2)19-15)13-8-11-6-4-5-7-12(11)13/h4-7,9,13,16,18H,3,8H2,1-2H3. The molecule has 19 heavy (non-hydrogen) atoms. The van der Waals surface area contributed by atoms with Crippen LogP contribution in [0.4, 0.5) is 0 Å². The van der Waals surface area contributed by atoms with Crippen molar-refractivity contribution in [1.82, 2.24) is 5.32 Å². The molecule has 0 amide bonds. The number of thiophene rings is 1. The molecule has 1 heterocycles. The van der Waals surface area contributed by atoms with Gasteiger partial charge in [-0.25, -0.2) is 0 Å². The van der Waals surface area contributed by atoms with Gasteiger partial charge in [0, 0.05) is 26.2 Å². The number of hydrogen-bond donors (Lipinski definition) is 1. The maximum atomic E-state index is 3.67. The lowest BCUT2D eigenvalue weighted by Crippen LogP contribution is -2.32. The summed E-state index contributed by atoms with van der Waals surface area (Å²) in [5.74, 6) is 0.626. The van der Waals surface area contributed by atoms with Crippen LogP contribution in [0.1, 0.15) is 39.8 Å². The number of benzene rings is 1. The van der Waals surface area contributed by atoms with Crippen LogP contribution in [-0.4, -0.2) is 6.54 Å². The molecule has 1 aliphatic carbocycles. The van der Waals surface area contributed by atoms with Crippen LogP contribution in [0.25, 0.3) is 0 Å². The van der Waals surface area contributed by atoms with Crippen molar-refractivity contribution in [2.45, 2.75) is 32.2 Å². The highest BCUT2D eigenvalue weighted by Crippen LogP contribution is 2.45. The first kappa shape index (κ1) is 13.3. The number of hydrogen-bond acceptors (Lipinski definition) is 2. The molecule has 0 spiro atoms. The molecule has 1 aromatic carbocycles. The van der Waals surface area contributed by atoms with Gasteiger partial charge in [-0.3, -0.25) is 0 Å². The van der Waals surface area contributed by atoms with Gasteiger partial charge in [0.2, 0.25) is 0 Å². The quantitative estimate of drug-likeness (QED) is 0.845. The van der Waals surface area contributed by atoms with Crippen molar-refractivity contribution in [2.24, 2.45) is 0 Å². The van der Waals surface area contributed by atoms with Crippen molar-refractivity contribution >= 4 is 27.3 Å². The van der Waals surface area contributed by atoms with Crippen LogP contribution < -0.4 is 5.32 Å². The third-order valence-electron chi connectivity index (χ3n) is 3.90. The second kappa shape index (κ2) is 5.39. The van der Waals surface area contributed by atoms with Crippen LogP contribution in [0.3, 0.4) is 0 Å². The monoisotopic (exact) mass is 335 g/mol. The third-order valence-corrected chi connectivity index (χ3v) is 6.12. The van der Waals surface area contributed by atoms with Crippen molar-refractivity contribution in [2.75, 3.05) is 6.54 Å². The lowest BCUT2D eigenvalue weighted by atomic mass is 9.73. The van der Waals surface area contributed by atoms with E-state index in [4.69, 9.17) is 0 Å². The van der Waals surface area contributed by atoms with E-state index in [1.54, 1.807) is 0 Å². The fraction of sp³-hybridized carbons (Fsp3) is 0.375. The molecule has 1 nitrogen and oxygen atoms in total. The van der Waals surface area contributed by atoms with Gasteiger partial charge < -0.3 is 5.32 Å². The average molecular weight is 336 g/mol. The zero-order valence-electron chi connectivity index (χ0n) is 11.2. The first-order valence-electron chi connectivity index (χ1n) is 6.77. The van der Waals surface area contributed by atoms with E-state index in [-0.39, 0.29) is 0 Å². The number of aryl methyl sites for hydroxylation is 1. The van der Waals surface area contributed by atoms with Crippen LogP contribution in [0.2, 0.25) is 0 Å².